The van der Waals surface area contributed by atoms with Crippen molar-refractivity contribution in [2.24, 2.45) is 5.92 Å². The lowest BCUT2D eigenvalue weighted by molar-refractivity contribution is -0.117. The number of aromatic amines is 1. The van der Waals surface area contributed by atoms with Gasteiger partial charge in [-0.1, -0.05) is 19.9 Å². The Labute approximate surface area is 134 Å². The molecule has 1 amide bonds. The van der Waals surface area contributed by atoms with Gasteiger partial charge in [0.15, 0.2) is 5.82 Å². The van der Waals surface area contributed by atoms with Gasteiger partial charge >= 0.3 is 0 Å². The van der Waals surface area contributed by atoms with Crippen LogP contribution in [0.1, 0.15) is 26.7 Å². The molecule has 0 aliphatic carbocycles. The molecule has 2 aromatic rings. The first-order valence-corrected chi connectivity index (χ1v) is 7.77. The van der Waals surface area contributed by atoms with Crippen LogP contribution in [0, 0.1) is 5.92 Å². The van der Waals surface area contributed by atoms with Crippen LogP contribution in [0.3, 0.4) is 0 Å². The Morgan fingerprint density at radius 2 is 2.26 bits per heavy atom. The topological polar surface area (TPSA) is 108 Å². The summed E-state index contributed by atoms with van der Waals surface area (Å²) in [5, 5.41) is 9.52. The summed E-state index contributed by atoms with van der Waals surface area (Å²) in [5.74, 6) is 1.22. The molecule has 1 saturated heterocycles. The minimum atomic E-state index is -0.282. The second-order valence-electron chi connectivity index (χ2n) is 6.12. The Morgan fingerprint density at radius 3 is 3.00 bits per heavy atom. The van der Waals surface area contributed by atoms with Gasteiger partial charge in [0.1, 0.15) is 11.7 Å². The highest BCUT2D eigenvalue weighted by molar-refractivity contribution is 5.93. The highest BCUT2D eigenvalue weighted by Crippen LogP contribution is 2.16. The Balaban J connectivity index is 1.58. The van der Waals surface area contributed by atoms with Crippen LogP contribution in [0.2, 0.25) is 0 Å². The highest BCUT2D eigenvalue weighted by Gasteiger charge is 2.30. The van der Waals surface area contributed by atoms with Crippen LogP contribution in [-0.2, 0) is 4.79 Å². The predicted octanol–water partition coefficient (Wildman–Crippen LogP) is 1.09. The minimum absolute atomic E-state index is 0.143. The van der Waals surface area contributed by atoms with Gasteiger partial charge in [-0.05, 0) is 30.9 Å². The van der Waals surface area contributed by atoms with Gasteiger partial charge in [-0.25, -0.2) is 5.43 Å². The van der Waals surface area contributed by atoms with Crippen molar-refractivity contribution in [1.82, 2.24) is 31.0 Å². The Hall–Kier alpha value is -2.32. The number of rotatable bonds is 5. The molecule has 0 radical (unpaired) electrons. The number of hydrogen-bond acceptors (Lipinski definition) is 6. The zero-order chi connectivity index (χ0) is 16.2. The molecular formula is C15H21N7O. The van der Waals surface area contributed by atoms with Gasteiger partial charge in [-0.3, -0.25) is 25.6 Å². The van der Waals surface area contributed by atoms with E-state index in [9.17, 15) is 4.79 Å². The van der Waals surface area contributed by atoms with Gasteiger partial charge in [-0.15, -0.1) is 5.10 Å². The molecular weight excluding hydrogens is 294 g/mol. The van der Waals surface area contributed by atoms with Gasteiger partial charge in [-0.2, -0.15) is 4.98 Å². The SMILES string of the molecule is CC(C)CC1CC(C(=O)Nc2n[nH]c(-c3ccccn3)n2)NN1. The average Bonchev–Trinajstić information content (AvgIpc) is 3.17. The molecule has 1 aliphatic rings. The van der Waals surface area contributed by atoms with Crippen LogP contribution in [0.15, 0.2) is 24.4 Å². The van der Waals surface area contributed by atoms with E-state index in [0.717, 1.165) is 12.8 Å². The van der Waals surface area contributed by atoms with Crippen LogP contribution in [0.5, 0.6) is 0 Å². The van der Waals surface area contributed by atoms with Gasteiger partial charge < -0.3 is 0 Å². The maximum absolute atomic E-state index is 12.3. The summed E-state index contributed by atoms with van der Waals surface area (Å²) >= 11 is 0. The summed E-state index contributed by atoms with van der Waals surface area (Å²) in [6.07, 6.45) is 3.46. The number of pyridine rings is 1. The van der Waals surface area contributed by atoms with Crippen LogP contribution in [0.4, 0.5) is 5.95 Å². The number of anilines is 1. The summed E-state index contributed by atoms with van der Waals surface area (Å²) in [6, 6.07) is 5.55. The van der Waals surface area contributed by atoms with E-state index in [0.29, 0.717) is 23.5 Å². The molecule has 23 heavy (non-hydrogen) atoms. The maximum atomic E-state index is 12.3. The maximum Gasteiger partial charge on any atom is 0.249 e. The minimum Gasteiger partial charge on any atom is -0.292 e. The highest BCUT2D eigenvalue weighted by atomic mass is 16.2. The average molecular weight is 315 g/mol. The zero-order valence-electron chi connectivity index (χ0n) is 13.2. The number of carbonyl (C=O) groups is 1. The molecule has 1 fully saturated rings. The number of H-pyrrole nitrogens is 1. The van der Waals surface area contributed by atoms with Crippen molar-refractivity contribution in [3.05, 3.63) is 24.4 Å². The third-order valence-corrected chi connectivity index (χ3v) is 3.68. The smallest absolute Gasteiger partial charge is 0.249 e. The molecule has 0 saturated carbocycles. The standard InChI is InChI=1S/C15H21N7O/c1-9(2)7-10-8-12(20-19-10)14(23)18-15-17-13(21-22-15)11-5-3-4-6-16-11/h3-6,9-10,12,19-20H,7-8H2,1-2H3,(H2,17,18,21,22,23). The number of nitrogens with one attached hydrogen (secondary N) is 4. The second-order valence-corrected chi connectivity index (χ2v) is 6.12. The predicted molar refractivity (Wildman–Crippen MR) is 86.2 cm³/mol. The number of carbonyl (C=O) groups excluding carboxylic acids is 1. The molecule has 2 unspecified atom stereocenters. The molecule has 2 atom stereocenters. The van der Waals surface area contributed by atoms with Crippen LogP contribution in [0.25, 0.3) is 11.5 Å². The lowest BCUT2D eigenvalue weighted by atomic mass is 10.00. The first-order chi connectivity index (χ1) is 11.1. The lowest BCUT2D eigenvalue weighted by Gasteiger charge is -2.11. The van der Waals surface area contributed by atoms with Crippen molar-refractivity contribution < 1.29 is 4.79 Å². The fourth-order valence-electron chi connectivity index (χ4n) is 2.65. The van der Waals surface area contributed by atoms with Crippen molar-refractivity contribution in [2.75, 3.05) is 5.32 Å². The van der Waals surface area contributed by atoms with Crippen LogP contribution < -0.4 is 16.2 Å². The summed E-state index contributed by atoms with van der Waals surface area (Å²) in [6.45, 7) is 4.34. The largest absolute Gasteiger partial charge is 0.292 e. The number of hydrazine groups is 1. The van der Waals surface area contributed by atoms with Crippen LogP contribution in [-0.4, -0.2) is 38.2 Å². The van der Waals surface area contributed by atoms with Gasteiger partial charge in [0.25, 0.3) is 0 Å². The molecule has 0 bridgehead atoms. The third kappa shape index (κ3) is 3.91. The Kier molecular flexibility index (Phi) is 4.63. The number of amides is 1. The summed E-state index contributed by atoms with van der Waals surface area (Å²) in [7, 11) is 0. The number of hydrogen-bond donors (Lipinski definition) is 4. The monoisotopic (exact) mass is 315 g/mol. The van der Waals surface area contributed by atoms with Crippen LogP contribution >= 0.6 is 0 Å². The lowest BCUT2D eigenvalue weighted by Crippen LogP contribution is -2.40. The summed E-state index contributed by atoms with van der Waals surface area (Å²) in [5.41, 5.74) is 6.88. The molecule has 1 aliphatic heterocycles. The molecule has 122 valence electrons. The van der Waals surface area contributed by atoms with E-state index >= 15 is 0 Å². The molecule has 0 spiro atoms. The summed E-state index contributed by atoms with van der Waals surface area (Å²) in [4.78, 5) is 20.7. The zero-order valence-corrected chi connectivity index (χ0v) is 13.2. The third-order valence-electron chi connectivity index (χ3n) is 3.68. The fourth-order valence-corrected chi connectivity index (χ4v) is 2.65. The van der Waals surface area contributed by atoms with E-state index in [1.807, 2.05) is 18.2 Å². The molecule has 8 heteroatoms. The molecule has 3 heterocycles. The van der Waals surface area contributed by atoms with Crippen molar-refractivity contribution in [1.29, 1.82) is 0 Å². The number of aromatic nitrogens is 4. The van der Waals surface area contributed by atoms with E-state index in [-0.39, 0.29) is 17.9 Å². The van der Waals surface area contributed by atoms with Gasteiger partial charge in [0.05, 0.1) is 0 Å². The number of nitrogens with zero attached hydrogens (tertiary/aromatic N) is 3. The quantitative estimate of drug-likeness (QED) is 0.658. The van der Waals surface area contributed by atoms with Crippen molar-refractivity contribution >= 4 is 11.9 Å². The first kappa shape index (κ1) is 15.6. The van der Waals surface area contributed by atoms with E-state index in [1.165, 1.54) is 0 Å². The molecule has 8 nitrogen and oxygen atoms in total. The molecule has 0 aromatic carbocycles. The summed E-state index contributed by atoms with van der Waals surface area (Å²) < 4.78 is 0. The second kappa shape index (κ2) is 6.84. The van der Waals surface area contributed by atoms with Crippen molar-refractivity contribution in [3.8, 4) is 11.5 Å². The molecule has 4 N–H and O–H groups in total. The van der Waals surface area contributed by atoms with E-state index in [2.05, 4.69) is 50.2 Å². The molecule has 2 aromatic heterocycles. The molecule has 3 rings (SSSR count). The Bertz CT molecular complexity index is 655. The van der Waals surface area contributed by atoms with Gasteiger partial charge in [0.2, 0.25) is 11.9 Å². The van der Waals surface area contributed by atoms with Crippen molar-refractivity contribution in [2.45, 2.75) is 38.8 Å². The van der Waals surface area contributed by atoms with Gasteiger partial charge in [0, 0.05) is 12.2 Å². The normalized spacial score (nSPS) is 20.8. The van der Waals surface area contributed by atoms with Crippen molar-refractivity contribution in [3.63, 3.8) is 0 Å². The van der Waals surface area contributed by atoms with E-state index < -0.39 is 0 Å². The fraction of sp³-hybridized carbons (Fsp3) is 0.467. The van der Waals surface area contributed by atoms with E-state index in [1.54, 1.807) is 6.20 Å². The Morgan fingerprint density at radius 1 is 1.39 bits per heavy atom. The first-order valence-electron chi connectivity index (χ1n) is 7.77. The van der Waals surface area contributed by atoms with E-state index in [4.69, 9.17) is 0 Å².